The monoisotopic (exact) mass is 247 g/mol. The van der Waals surface area contributed by atoms with Crippen molar-refractivity contribution in [3.05, 3.63) is 29.6 Å². The summed E-state index contributed by atoms with van der Waals surface area (Å²) in [7, 11) is 0. The molecule has 0 aliphatic heterocycles. The fraction of sp³-hybridized carbons (Fsp3) is 0.571. The van der Waals surface area contributed by atoms with Crippen molar-refractivity contribution in [2.75, 3.05) is 6.54 Å². The molecule has 2 rings (SSSR count). The molecule has 1 aliphatic rings. The predicted molar refractivity (Wildman–Crippen MR) is 71.2 cm³/mol. The lowest BCUT2D eigenvalue weighted by Crippen LogP contribution is -2.39. The van der Waals surface area contributed by atoms with Crippen LogP contribution in [0.4, 0.5) is 0 Å². The molecule has 0 fully saturated rings. The number of nitrogens with one attached hydrogen (secondary N) is 2. The van der Waals surface area contributed by atoms with Gasteiger partial charge in [0.1, 0.15) is 0 Å². The number of amides is 1. The summed E-state index contributed by atoms with van der Waals surface area (Å²) in [6, 6.07) is 4.51. The Morgan fingerprint density at radius 3 is 3.17 bits per heavy atom. The number of carbonyl (C=O) groups is 1. The fourth-order valence-electron chi connectivity index (χ4n) is 2.40. The first-order valence-corrected chi connectivity index (χ1v) is 6.63. The standard InChI is InChI=1S/C14H21N3O/c1-10(2)17-13(18)9-16-12-7-3-5-11-6-4-8-15-14(11)12/h4,6,8,10,12,16H,3,5,7,9H2,1-2H3,(H,17,18). The zero-order valence-corrected chi connectivity index (χ0v) is 11.1. The van der Waals surface area contributed by atoms with E-state index >= 15 is 0 Å². The van der Waals surface area contributed by atoms with Crippen LogP contribution in [0.1, 0.15) is 44.0 Å². The first-order chi connectivity index (χ1) is 8.66. The van der Waals surface area contributed by atoms with Gasteiger partial charge < -0.3 is 10.6 Å². The zero-order valence-electron chi connectivity index (χ0n) is 11.1. The third kappa shape index (κ3) is 3.29. The molecule has 1 aromatic rings. The van der Waals surface area contributed by atoms with Crippen LogP contribution in [0.3, 0.4) is 0 Å². The maximum absolute atomic E-state index is 11.6. The molecule has 0 saturated carbocycles. The number of aryl methyl sites for hydroxylation is 1. The molecule has 0 bridgehead atoms. The minimum Gasteiger partial charge on any atom is -0.353 e. The number of nitrogens with zero attached hydrogens (tertiary/aromatic N) is 1. The lowest BCUT2D eigenvalue weighted by atomic mass is 9.92. The Hall–Kier alpha value is -1.42. The Balaban J connectivity index is 1.93. The van der Waals surface area contributed by atoms with Crippen LogP contribution < -0.4 is 10.6 Å². The van der Waals surface area contributed by atoms with Gasteiger partial charge in [-0.25, -0.2) is 0 Å². The smallest absolute Gasteiger partial charge is 0.234 e. The van der Waals surface area contributed by atoms with E-state index in [9.17, 15) is 4.79 Å². The second-order valence-corrected chi connectivity index (χ2v) is 5.10. The van der Waals surface area contributed by atoms with Gasteiger partial charge in [0.25, 0.3) is 0 Å². The van der Waals surface area contributed by atoms with E-state index in [0.29, 0.717) is 6.54 Å². The van der Waals surface area contributed by atoms with Crippen molar-refractivity contribution in [1.29, 1.82) is 0 Å². The van der Waals surface area contributed by atoms with Crippen LogP contribution >= 0.6 is 0 Å². The van der Waals surface area contributed by atoms with Gasteiger partial charge >= 0.3 is 0 Å². The molecule has 1 aromatic heterocycles. The van der Waals surface area contributed by atoms with Crippen LogP contribution in [0.2, 0.25) is 0 Å². The average molecular weight is 247 g/mol. The molecule has 4 nitrogen and oxygen atoms in total. The normalized spacial score (nSPS) is 18.5. The van der Waals surface area contributed by atoms with Gasteiger partial charge in [0, 0.05) is 12.2 Å². The van der Waals surface area contributed by atoms with E-state index in [0.717, 1.165) is 25.0 Å². The summed E-state index contributed by atoms with van der Waals surface area (Å²) >= 11 is 0. The van der Waals surface area contributed by atoms with Crippen LogP contribution in [-0.4, -0.2) is 23.5 Å². The highest BCUT2D eigenvalue weighted by molar-refractivity contribution is 5.78. The molecule has 0 saturated heterocycles. The molecule has 0 aromatic carbocycles. The van der Waals surface area contributed by atoms with Crippen molar-refractivity contribution in [1.82, 2.24) is 15.6 Å². The van der Waals surface area contributed by atoms with Gasteiger partial charge in [0.15, 0.2) is 0 Å². The number of fused-ring (bicyclic) bond motifs is 1. The van der Waals surface area contributed by atoms with E-state index in [2.05, 4.69) is 21.7 Å². The summed E-state index contributed by atoms with van der Waals surface area (Å²) in [5.74, 6) is 0.0491. The molecular formula is C14H21N3O. The third-order valence-corrected chi connectivity index (χ3v) is 3.15. The van der Waals surface area contributed by atoms with Crippen molar-refractivity contribution >= 4 is 5.91 Å². The molecule has 98 valence electrons. The van der Waals surface area contributed by atoms with Gasteiger partial charge in [-0.05, 0) is 44.7 Å². The number of aromatic nitrogens is 1. The van der Waals surface area contributed by atoms with Gasteiger partial charge in [0.2, 0.25) is 5.91 Å². The topological polar surface area (TPSA) is 54.0 Å². The SMILES string of the molecule is CC(C)NC(=O)CNC1CCCc2cccnc21. The molecule has 1 atom stereocenters. The summed E-state index contributed by atoms with van der Waals surface area (Å²) in [6.07, 6.45) is 5.13. The first kappa shape index (κ1) is 13.0. The summed E-state index contributed by atoms with van der Waals surface area (Å²) in [6.45, 7) is 4.30. The van der Waals surface area contributed by atoms with E-state index in [1.54, 1.807) is 0 Å². The molecule has 0 radical (unpaired) electrons. The van der Waals surface area contributed by atoms with Crippen molar-refractivity contribution in [3.63, 3.8) is 0 Å². The van der Waals surface area contributed by atoms with Gasteiger partial charge in [-0.1, -0.05) is 6.07 Å². The highest BCUT2D eigenvalue weighted by Gasteiger charge is 2.21. The summed E-state index contributed by atoms with van der Waals surface area (Å²) in [4.78, 5) is 16.1. The van der Waals surface area contributed by atoms with E-state index in [4.69, 9.17) is 0 Å². The van der Waals surface area contributed by atoms with Crippen LogP contribution in [0.25, 0.3) is 0 Å². The largest absolute Gasteiger partial charge is 0.353 e. The van der Waals surface area contributed by atoms with Crippen molar-refractivity contribution in [2.45, 2.75) is 45.2 Å². The highest BCUT2D eigenvalue weighted by Crippen LogP contribution is 2.27. The molecule has 1 heterocycles. The fourth-order valence-corrected chi connectivity index (χ4v) is 2.40. The van der Waals surface area contributed by atoms with Gasteiger partial charge in [-0.15, -0.1) is 0 Å². The predicted octanol–water partition coefficient (Wildman–Crippen LogP) is 1.57. The molecule has 18 heavy (non-hydrogen) atoms. The molecule has 4 heteroatoms. The summed E-state index contributed by atoms with van der Waals surface area (Å²) in [5.41, 5.74) is 2.42. The van der Waals surface area contributed by atoms with E-state index in [1.807, 2.05) is 26.1 Å². The van der Waals surface area contributed by atoms with Crippen molar-refractivity contribution < 1.29 is 4.79 Å². The maximum Gasteiger partial charge on any atom is 0.234 e. The zero-order chi connectivity index (χ0) is 13.0. The number of carbonyl (C=O) groups excluding carboxylic acids is 1. The number of pyridine rings is 1. The lowest BCUT2D eigenvalue weighted by molar-refractivity contribution is -0.120. The Labute approximate surface area is 108 Å². The molecule has 1 unspecified atom stereocenters. The van der Waals surface area contributed by atoms with E-state index in [-0.39, 0.29) is 18.0 Å². The molecular weight excluding hydrogens is 226 g/mol. The van der Waals surface area contributed by atoms with E-state index in [1.165, 1.54) is 5.56 Å². The first-order valence-electron chi connectivity index (χ1n) is 6.63. The Kier molecular flexibility index (Phi) is 4.31. The average Bonchev–Trinajstić information content (AvgIpc) is 2.35. The van der Waals surface area contributed by atoms with Crippen molar-refractivity contribution in [2.24, 2.45) is 0 Å². The third-order valence-electron chi connectivity index (χ3n) is 3.15. The minimum atomic E-state index is 0.0491. The van der Waals surface area contributed by atoms with Crippen LogP contribution in [-0.2, 0) is 11.2 Å². The maximum atomic E-state index is 11.6. The van der Waals surface area contributed by atoms with Gasteiger partial charge in [-0.2, -0.15) is 0 Å². The Morgan fingerprint density at radius 1 is 1.56 bits per heavy atom. The van der Waals surface area contributed by atoms with Crippen LogP contribution in [0.5, 0.6) is 0 Å². The summed E-state index contributed by atoms with van der Waals surface area (Å²) < 4.78 is 0. The van der Waals surface area contributed by atoms with E-state index < -0.39 is 0 Å². The Bertz CT molecular complexity index is 417. The van der Waals surface area contributed by atoms with Gasteiger partial charge in [0.05, 0.1) is 18.3 Å². The highest BCUT2D eigenvalue weighted by atomic mass is 16.1. The molecule has 1 aliphatic carbocycles. The quantitative estimate of drug-likeness (QED) is 0.849. The molecule has 0 spiro atoms. The van der Waals surface area contributed by atoms with Crippen molar-refractivity contribution in [3.8, 4) is 0 Å². The number of rotatable bonds is 4. The molecule has 1 amide bonds. The Morgan fingerprint density at radius 2 is 2.39 bits per heavy atom. The minimum absolute atomic E-state index is 0.0491. The van der Waals surface area contributed by atoms with Gasteiger partial charge in [-0.3, -0.25) is 9.78 Å². The number of hydrogen-bond donors (Lipinski definition) is 2. The molecule has 2 N–H and O–H groups in total. The lowest BCUT2D eigenvalue weighted by Gasteiger charge is -2.25. The second kappa shape index (κ2) is 5.96. The van der Waals surface area contributed by atoms with Crippen LogP contribution in [0.15, 0.2) is 18.3 Å². The number of hydrogen-bond acceptors (Lipinski definition) is 3. The van der Waals surface area contributed by atoms with Crippen LogP contribution in [0, 0.1) is 0 Å². The summed E-state index contributed by atoms with van der Waals surface area (Å²) in [5, 5.41) is 6.19. The second-order valence-electron chi connectivity index (χ2n) is 5.10.